The second-order valence-electron chi connectivity index (χ2n) is 3.96. The highest BCUT2D eigenvalue weighted by Crippen LogP contribution is 2.26. The van der Waals surface area contributed by atoms with E-state index >= 15 is 0 Å². The first-order valence-electron chi connectivity index (χ1n) is 5.53. The molecule has 0 radical (unpaired) electrons. The third-order valence-electron chi connectivity index (χ3n) is 2.37. The molecule has 0 saturated carbocycles. The van der Waals surface area contributed by atoms with Crippen LogP contribution in [0, 0.1) is 5.82 Å². The van der Waals surface area contributed by atoms with Crippen molar-refractivity contribution >= 4 is 21.6 Å². The molecule has 1 nitrogen and oxygen atoms in total. The van der Waals surface area contributed by atoms with Crippen LogP contribution in [-0.2, 0) is 5.33 Å². The first-order chi connectivity index (χ1) is 8.37. The predicted molar refractivity (Wildman–Crippen MR) is 67.6 cm³/mol. The van der Waals surface area contributed by atoms with Gasteiger partial charge in [0.15, 0.2) is 0 Å². The molecule has 0 bridgehead atoms. The lowest BCUT2D eigenvalue weighted by atomic mass is 10.2. The molecule has 0 saturated heterocycles. The SMILES string of the molecule is CCCN(CC(F)(F)F)c1ccc(CBr)cc1F. The summed E-state index contributed by atoms with van der Waals surface area (Å²) >= 11 is 3.17. The van der Waals surface area contributed by atoms with Crippen molar-refractivity contribution in [1.82, 2.24) is 0 Å². The molecule has 6 heteroatoms. The summed E-state index contributed by atoms with van der Waals surface area (Å²) < 4.78 is 51.0. The van der Waals surface area contributed by atoms with Crippen LogP contribution in [-0.4, -0.2) is 19.3 Å². The molecule has 0 N–H and O–H groups in total. The molecule has 0 amide bonds. The second-order valence-corrected chi connectivity index (χ2v) is 4.52. The smallest absolute Gasteiger partial charge is 0.360 e. The van der Waals surface area contributed by atoms with Crippen molar-refractivity contribution in [1.29, 1.82) is 0 Å². The maximum absolute atomic E-state index is 13.8. The van der Waals surface area contributed by atoms with Crippen LogP contribution < -0.4 is 4.90 Å². The molecule has 0 spiro atoms. The Labute approximate surface area is 112 Å². The van der Waals surface area contributed by atoms with E-state index in [0.29, 0.717) is 17.3 Å². The molecule has 0 aliphatic heterocycles. The van der Waals surface area contributed by atoms with Gasteiger partial charge in [-0.15, -0.1) is 0 Å². The summed E-state index contributed by atoms with van der Waals surface area (Å²) in [6.07, 6.45) is -3.81. The fourth-order valence-corrected chi connectivity index (χ4v) is 2.01. The molecule has 1 aromatic rings. The van der Waals surface area contributed by atoms with Gasteiger partial charge < -0.3 is 4.90 Å². The molecular weight excluding hydrogens is 314 g/mol. The Balaban J connectivity index is 2.98. The summed E-state index contributed by atoms with van der Waals surface area (Å²) in [6.45, 7) is 0.795. The van der Waals surface area contributed by atoms with Crippen molar-refractivity contribution in [2.45, 2.75) is 24.9 Å². The van der Waals surface area contributed by atoms with Crippen molar-refractivity contribution in [2.75, 3.05) is 18.0 Å². The number of benzene rings is 1. The molecule has 1 aromatic carbocycles. The lowest BCUT2D eigenvalue weighted by molar-refractivity contribution is -0.119. The number of alkyl halides is 4. The van der Waals surface area contributed by atoms with Gasteiger partial charge in [-0.25, -0.2) is 4.39 Å². The van der Waals surface area contributed by atoms with Gasteiger partial charge in [-0.3, -0.25) is 0 Å². The molecule has 0 heterocycles. The van der Waals surface area contributed by atoms with Crippen LogP contribution in [0.4, 0.5) is 23.2 Å². The van der Waals surface area contributed by atoms with Crippen LogP contribution in [0.25, 0.3) is 0 Å². The summed E-state index contributed by atoms with van der Waals surface area (Å²) in [4.78, 5) is 1.02. The minimum absolute atomic E-state index is 0.00104. The normalized spacial score (nSPS) is 11.7. The molecule has 102 valence electrons. The van der Waals surface area contributed by atoms with Crippen molar-refractivity contribution in [2.24, 2.45) is 0 Å². The lowest BCUT2D eigenvalue weighted by Crippen LogP contribution is -2.35. The average Bonchev–Trinajstić information content (AvgIpc) is 2.26. The number of hydrogen-bond donors (Lipinski definition) is 0. The molecular formula is C12H14BrF4N. The van der Waals surface area contributed by atoms with Gasteiger partial charge in [-0.2, -0.15) is 13.2 Å². The maximum Gasteiger partial charge on any atom is 0.405 e. The Kier molecular flexibility index (Phi) is 5.44. The number of anilines is 1. The largest absolute Gasteiger partial charge is 0.405 e. The van der Waals surface area contributed by atoms with Crippen LogP contribution in [0.3, 0.4) is 0 Å². The quantitative estimate of drug-likeness (QED) is 0.568. The van der Waals surface area contributed by atoms with Crippen LogP contribution in [0.2, 0.25) is 0 Å². The lowest BCUT2D eigenvalue weighted by Gasteiger charge is -2.26. The zero-order valence-corrected chi connectivity index (χ0v) is 11.5. The minimum atomic E-state index is -4.34. The summed E-state index contributed by atoms with van der Waals surface area (Å²) in [7, 11) is 0. The molecule has 1 rings (SSSR count). The first kappa shape index (κ1) is 15.3. The van der Waals surface area contributed by atoms with Crippen LogP contribution in [0.15, 0.2) is 18.2 Å². The summed E-state index contributed by atoms with van der Waals surface area (Å²) in [5.74, 6) is -0.621. The fraction of sp³-hybridized carbons (Fsp3) is 0.500. The molecule has 0 aromatic heterocycles. The van der Waals surface area contributed by atoms with E-state index in [2.05, 4.69) is 15.9 Å². The first-order valence-corrected chi connectivity index (χ1v) is 6.65. The third kappa shape index (κ3) is 4.48. The van der Waals surface area contributed by atoms with Gasteiger partial charge in [0.1, 0.15) is 12.4 Å². The summed E-state index contributed by atoms with van der Waals surface area (Å²) in [5, 5.41) is 0.469. The van der Waals surface area contributed by atoms with E-state index in [-0.39, 0.29) is 12.2 Å². The van der Waals surface area contributed by atoms with E-state index in [9.17, 15) is 17.6 Å². The van der Waals surface area contributed by atoms with E-state index < -0.39 is 18.5 Å². The highest BCUT2D eigenvalue weighted by atomic mass is 79.9. The molecule has 0 atom stereocenters. The van der Waals surface area contributed by atoms with E-state index in [0.717, 1.165) is 4.90 Å². The van der Waals surface area contributed by atoms with Gasteiger partial charge in [0.2, 0.25) is 0 Å². The van der Waals surface area contributed by atoms with Gasteiger partial charge in [-0.1, -0.05) is 28.9 Å². The van der Waals surface area contributed by atoms with Gasteiger partial charge in [0, 0.05) is 11.9 Å². The standard InChI is InChI=1S/C12H14BrF4N/c1-2-5-18(8-12(15,16)17)11-4-3-9(7-13)6-10(11)14/h3-4,6H,2,5,7-8H2,1H3. The Morgan fingerprint density at radius 3 is 2.39 bits per heavy atom. The molecule has 18 heavy (non-hydrogen) atoms. The van der Waals surface area contributed by atoms with Gasteiger partial charge in [-0.05, 0) is 24.1 Å². The Morgan fingerprint density at radius 2 is 1.94 bits per heavy atom. The number of hydrogen-bond acceptors (Lipinski definition) is 1. The number of nitrogens with zero attached hydrogens (tertiary/aromatic N) is 1. The topological polar surface area (TPSA) is 3.24 Å². The van der Waals surface area contributed by atoms with Gasteiger partial charge in [0.25, 0.3) is 0 Å². The summed E-state index contributed by atoms with van der Waals surface area (Å²) in [6, 6.07) is 4.27. The Hall–Kier alpha value is -0.780. The molecule has 0 aliphatic rings. The van der Waals surface area contributed by atoms with Crippen molar-refractivity contribution < 1.29 is 17.6 Å². The fourth-order valence-electron chi connectivity index (χ4n) is 1.66. The van der Waals surface area contributed by atoms with E-state index in [1.54, 1.807) is 13.0 Å². The Bertz CT molecular complexity index is 392. The van der Waals surface area contributed by atoms with Crippen LogP contribution >= 0.6 is 15.9 Å². The average molecular weight is 328 g/mol. The monoisotopic (exact) mass is 327 g/mol. The zero-order valence-electron chi connectivity index (χ0n) is 9.90. The van der Waals surface area contributed by atoms with Crippen molar-refractivity contribution in [3.8, 4) is 0 Å². The minimum Gasteiger partial charge on any atom is -0.360 e. The molecule has 0 unspecified atom stereocenters. The number of rotatable bonds is 5. The van der Waals surface area contributed by atoms with Gasteiger partial charge in [0.05, 0.1) is 5.69 Å². The second kappa shape index (κ2) is 6.41. The van der Waals surface area contributed by atoms with E-state index in [4.69, 9.17) is 0 Å². The van der Waals surface area contributed by atoms with Crippen molar-refractivity contribution in [3.63, 3.8) is 0 Å². The molecule has 0 fully saturated rings. The highest BCUT2D eigenvalue weighted by Gasteiger charge is 2.31. The summed E-state index contributed by atoms with van der Waals surface area (Å²) in [5.41, 5.74) is 0.693. The van der Waals surface area contributed by atoms with E-state index in [1.807, 2.05) is 0 Å². The predicted octanol–water partition coefficient (Wildman–Crippen LogP) is 4.50. The van der Waals surface area contributed by atoms with Crippen LogP contribution in [0.5, 0.6) is 0 Å². The Morgan fingerprint density at radius 1 is 1.28 bits per heavy atom. The van der Waals surface area contributed by atoms with E-state index in [1.165, 1.54) is 12.1 Å². The van der Waals surface area contributed by atoms with Gasteiger partial charge >= 0.3 is 6.18 Å². The molecule has 0 aliphatic carbocycles. The maximum atomic E-state index is 13.8. The van der Waals surface area contributed by atoms with Crippen LogP contribution in [0.1, 0.15) is 18.9 Å². The highest BCUT2D eigenvalue weighted by molar-refractivity contribution is 9.08. The van der Waals surface area contributed by atoms with Crippen molar-refractivity contribution in [3.05, 3.63) is 29.6 Å². The zero-order chi connectivity index (χ0) is 13.8. The third-order valence-corrected chi connectivity index (χ3v) is 3.02. The number of halogens is 5.